The van der Waals surface area contributed by atoms with Gasteiger partial charge in [0.2, 0.25) is 0 Å². The molecule has 0 unspecified atom stereocenters. The second-order valence-corrected chi connectivity index (χ2v) is 7.16. The third kappa shape index (κ3) is 5.17. The molecule has 3 aromatic rings. The number of carbonyl (C=O) groups is 1. The molecule has 0 saturated carbocycles. The molecule has 0 aliphatic rings. The summed E-state index contributed by atoms with van der Waals surface area (Å²) in [6.07, 6.45) is -9.08. The molecule has 152 valence electrons. The van der Waals surface area contributed by atoms with E-state index in [1.54, 1.807) is 36.4 Å². The van der Waals surface area contributed by atoms with Crippen LogP contribution in [-0.4, -0.2) is 6.29 Å². The number of carbonyl (C=O) groups excluding carboxylic acids is 1. The molecule has 2 nitrogen and oxygen atoms in total. The number of rotatable bonds is 5. The maximum atomic E-state index is 12.9. The number of halogens is 6. The zero-order valence-electron chi connectivity index (χ0n) is 14.5. The Morgan fingerprint density at radius 2 is 1.41 bits per heavy atom. The minimum absolute atomic E-state index is 0.0763. The van der Waals surface area contributed by atoms with Gasteiger partial charge in [0.1, 0.15) is 12.4 Å². The van der Waals surface area contributed by atoms with Crippen molar-refractivity contribution in [3.05, 3.63) is 76.2 Å². The summed E-state index contributed by atoms with van der Waals surface area (Å²) in [4.78, 5) is 12.1. The Hall–Kier alpha value is -2.81. The Morgan fingerprint density at radius 1 is 0.828 bits per heavy atom. The highest BCUT2D eigenvalue weighted by atomic mass is 32.1. The molecule has 29 heavy (non-hydrogen) atoms. The summed E-state index contributed by atoms with van der Waals surface area (Å²) in [6.45, 7) is -0.458. The van der Waals surface area contributed by atoms with E-state index in [1.165, 1.54) is 11.3 Å². The van der Waals surface area contributed by atoms with E-state index in [-0.39, 0.29) is 17.4 Å². The monoisotopic (exact) mass is 430 g/mol. The molecule has 0 atom stereocenters. The van der Waals surface area contributed by atoms with Crippen LogP contribution in [0.5, 0.6) is 5.75 Å². The van der Waals surface area contributed by atoms with E-state index in [9.17, 15) is 31.1 Å². The molecule has 9 heteroatoms. The maximum Gasteiger partial charge on any atom is 0.416 e. The zero-order valence-corrected chi connectivity index (χ0v) is 15.3. The first-order valence-corrected chi connectivity index (χ1v) is 8.94. The van der Waals surface area contributed by atoms with Crippen molar-refractivity contribution in [3.8, 4) is 16.2 Å². The molecule has 0 saturated heterocycles. The highest BCUT2D eigenvalue weighted by Gasteiger charge is 2.36. The lowest BCUT2D eigenvalue weighted by Crippen LogP contribution is -2.12. The lowest BCUT2D eigenvalue weighted by Gasteiger charge is -2.14. The largest absolute Gasteiger partial charge is 0.489 e. The van der Waals surface area contributed by atoms with Crippen LogP contribution in [0.15, 0.2) is 54.6 Å². The molecule has 1 aromatic heterocycles. The van der Waals surface area contributed by atoms with Gasteiger partial charge in [0.15, 0.2) is 6.29 Å². The molecule has 0 N–H and O–H groups in total. The number of alkyl halides is 6. The van der Waals surface area contributed by atoms with E-state index in [1.807, 2.05) is 0 Å². The van der Waals surface area contributed by atoms with Gasteiger partial charge in [0.25, 0.3) is 0 Å². The molecule has 0 aliphatic heterocycles. The van der Waals surface area contributed by atoms with Gasteiger partial charge >= 0.3 is 12.4 Å². The van der Waals surface area contributed by atoms with E-state index >= 15 is 0 Å². The summed E-state index contributed by atoms with van der Waals surface area (Å²) in [5, 5.41) is 0. The smallest absolute Gasteiger partial charge is 0.416 e. The van der Waals surface area contributed by atoms with E-state index in [0.717, 1.165) is 16.7 Å². The Balaban J connectivity index is 1.77. The maximum absolute atomic E-state index is 12.9. The molecular formula is C20H12F6O2S. The van der Waals surface area contributed by atoms with Crippen LogP contribution in [0.1, 0.15) is 26.4 Å². The second kappa shape index (κ2) is 7.90. The molecule has 0 aliphatic carbocycles. The van der Waals surface area contributed by atoms with Crippen molar-refractivity contribution < 1.29 is 35.9 Å². The highest BCUT2D eigenvalue weighted by Crippen LogP contribution is 2.36. The SMILES string of the molecule is O=Cc1ccc(-c2ccc(OCc3cc(C(F)(F)F)cc(C(F)(F)F)c3)cc2)s1. The van der Waals surface area contributed by atoms with Crippen molar-refractivity contribution in [2.45, 2.75) is 19.0 Å². The van der Waals surface area contributed by atoms with Gasteiger partial charge in [-0.15, -0.1) is 11.3 Å². The number of benzene rings is 2. The van der Waals surface area contributed by atoms with Crippen molar-refractivity contribution >= 4 is 17.6 Å². The Bertz CT molecular complexity index is 971. The minimum atomic E-state index is -4.90. The number of ether oxygens (including phenoxy) is 1. The minimum Gasteiger partial charge on any atom is -0.489 e. The van der Waals surface area contributed by atoms with Gasteiger partial charge in [0, 0.05) is 4.88 Å². The summed E-state index contributed by atoms with van der Waals surface area (Å²) < 4.78 is 82.8. The lowest BCUT2D eigenvalue weighted by molar-refractivity contribution is -0.143. The van der Waals surface area contributed by atoms with Crippen LogP contribution in [0.25, 0.3) is 10.4 Å². The van der Waals surface area contributed by atoms with Crippen LogP contribution in [0.3, 0.4) is 0 Å². The van der Waals surface area contributed by atoms with Crippen molar-refractivity contribution in [2.24, 2.45) is 0 Å². The topological polar surface area (TPSA) is 26.3 Å². The zero-order chi connectivity index (χ0) is 21.2. The van der Waals surface area contributed by atoms with Crippen LogP contribution >= 0.6 is 11.3 Å². The third-order valence-corrected chi connectivity index (χ3v) is 4.99. The van der Waals surface area contributed by atoms with Gasteiger partial charge < -0.3 is 4.74 Å². The molecule has 0 bridgehead atoms. The molecule has 0 fully saturated rings. The predicted octanol–water partition coefficient (Wildman–Crippen LogP) is 6.84. The van der Waals surface area contributed by atoms with Crippen LogP contribution in [0.2, 0.25) is 0 Å². The van der Waals surface area contributed by atoms with Gasteiger partial charge in [-0.25, -0.2) is 0 Å². The van der Waals surface area contributed by atoms with Crippen molar-refractivity contribution in [2.75, 3.05) is 0 Å². The average Bonchev–Trinajstić information content (AvgIpc) is 3.14. The summed E-state index contributed by atoms with van der Waals surface area (Å²) in [6, 6.07) is 11.3. The predicted molar refractivity (Wildman–Crippen MR) is 95.9 cm³/mol. The lowest BCUT2D eigenvalue weighted by atomic mass is 10.1. The van der Waals surface area contributed by atoms with Gasteiger partial charge in [-0.3, -0.25) is 4.79 Å². The van der Waals surface area contributed by atoms with Gasteiger partial charge in [0.05, 0.1) is 16.0 Å². The summed E-state index contributed by atoms with van der Waals surface area (Å²) in [7, 11) is 0. The van der Waals surface area contributed by atoms with Gasteiger partial charge in [-0.05, 0) is 65.7 Å². The average molecular weight is 430 g/mol. The summed E-state index contributed by atoms with van der Waals surface area (Å²) in [5.41, 5.74) is -2.21. The summed E-state index contributed by atoms with van der Waals surface area (Å²) in [5.74, 6) is 0.284. The van der Waals surface area contributed by atoms with E-state index in [2.05, 4.69) is 0 Å². The van der Waals surface area contributed by atoms with Crippen molar-refractivity contribution in [1.82, 2.24) is 0 Å². The van der Waals surface area contributed by atoms with E-state index in [0.29, 0.717) is 17.0 Å². The standard InChI is InChI=1S/C20H12F6O2S/c21-19(22,23)14-7-12(8-15(9-14)20(24,25)26)11-28-16-3-1-13(2-4-16)18-6-5-17(10-27)29-18/h1-10H,11H2. The molecule has 0 amide bonds. The van der Waals surface area contributed by atoms with E-state index in [4.69, 9.17) is 4.74 Å². The molecule has 0 spiro atoms. The number of hydrogen-bond acceptors (Lipinski definition) is 3. The Morgan fingerprint density at radius 3 is 1.90 bits per heavy atom. The van der Waals surface area contributed by atoms with Crippen molar-refractivity contribution in [1.29, 1.82) is 0 Å². The molecule has 2 aromatic carbocycles. The number of hydrogen-bond donors (Lipinski definition) is 0. The highest BCUT2D eigenvalue weighted by molar-refractivity contribution is 7.17. The normalized spacial score (nSPS) is 12.1. The van der Waals surface area contributed by atoms with Gasteiger partial charge in [-0.1, -0.05) is 0 Å². The molecule has 0 radical (unpaired) electrons. The van der Waals surface area contributed by atoms with Crippen molar-refractivity contribution in [3.63, 3.8) is 0 Å². The first-order valence-electron chi connectivity index (χ1n) is 8.13. The first-order chi connectivity index (χ1) is 13.6. The fourth-order valence-electron chi connectivity index (χ4n) is 2.56. The molecular weight excluding hydrogens is 418 g/mol. The number of aldehydes is 1. The molecule has 3 rings (SSSR count). The summed E-state index contributed by atoms with van der Waals surface area (Å²) >= 11 is 1.29. The van der Waals surface area contributed by atoms with E-state index < -0.39 is 30.1 Å². The Kier molecular flexibility index (Phi) is 5.70. The fourth-order valence-corrected chi connectivity index (χ4v) is 3.38. The Labute approximate surface area is 165 Å². The quantitative estimate of drug-likeness (QED) is 0.327. The van der Waals surface area contributed by atoms with Crippen LogP contribution in [0, 0.1) is 0 Å². The second-order valence-electron chi connectivity index (χ2n) is 6.05. The molecule has 1 heterocycles. The fraction of sp³-hybridized carbons (Fsp3) is 0.150. The third-order valence-electron chi connectivity index (χ3n) is 3.93. The van der Waals surface area contributed by atoms with Crippen LogP contribution < -0.4 is 4.74 Å². The first kappa shape index (κ1) is 20.9. The van der Waals surface area contributed by atoms with Crippen LogP contribution in [0.4, 0.5) is 26.3 Å². The van der Waals surface area contributed by atoms with Gasteiger partial charge in [-0.2, -0.15) is 26.3 Å². The van der Waals surface area contributed by atoms with Crippen LogP contribution in [-0.2, 0) is 19.0 Å². The number of thiophene rings is 1.